The van der Waals surface area contributed by atoms with Crippen LogP contribution in [0.3, 0.4) is 0 Å². The van der Waals surface area contributed by atoms with E-state index in [1.54, 1.807) is 0 Å². The summed E-state index contributed by atoms with van der Waals surface area (Å²) in [6.07, 6.45) is -28.8. The van der Waals surface area contributed by atoms with Crippen LogP contribution in [-0.2, 0) is 24.7 Å². The monoisotopic (exact) mass is 854 g/mol. The van der Waals surface area contributed by atoms with Gasteiger partial charge < -0.3 is 4.74 Å². The summed E-state index contributed by atoms with van der Waals surface area (Å²) in [5, 5.41) is 60.1. The Morgan fingerprint density at radius 2 is 0.717 bits per heavy atom. The highest BCUT2D eigenvalue weighted by Gasteiger charge is 2.49. The van der Waals surface area contributed by atoms with Crippen molar-refractivity contribution in [1.29, 1.82) is 31.6 Å². The quantitative estimate of drug-likeness (QED) is 0.188. The first-order valence-corrected chi connectivity index (χ1v) is 15.2. The number of benzene rings is 3. The molecule has 0 saturated heterocycles. The highest BCUT2D eigenvalue weighted by Crippen LogP contribution is 2.61. The fourth-order valence-electron chi connectivity index (χ4n) is 6.38. The lowest BCUT2D eigenvalue weighted by Crippen LogP contribution is -2.20. The Kier molecular flexibility index (Phi) is 10.3. The lowest BCUT2D eigenvalue weighted by Gasteiger charge is -2.21. The van der Waals surface area contributed by atoms with Crippen molar-refractivity contribution in [2.75, 3.05) is 0 Å². The number of rotatable bonds is 3. The molecule has 0 heterocycles. The summed E-state index contributed by atoms with van der Waals surface area (Å²) in [6, 6.07) is 5.17. The van der Waals surface area contributed by atoms with Crippen molar-refractivity contribution in [3.05, 3.63) is 109 Å². The van der Waals surface area contributed by atoms with Crippen molar-refractivity contribution in [2.24, 2.45) is 0 Å². The summed E-state index contributed by atoms with van der Waals surface area (Å²) >= 11 is 0. The summed E-state index contributed by atoms with van der Waals surface area (Å²) in [7, 11) is 0. The molecular weight excluding hydrogens is 848 g/mol. The van der Waals surface area contributed by atoms with Crippen molar-refractivity contribution in [3.63, 3.8) is 0 Å². The number of nitrogens with zero attached hydrogens (tertiary/aromatic N) is 6. The Morgan fingerprint density at radius 3 is 0.933 bits per heavy atom. The van der Waals surface area contributed by atoms with Crippen molar-refractivity contribution < 1.29 is 75.0 Å². The van der Waals surface area contributed by atoms with Crippen LogP contribution in [0.5, 0.6) is 5.75 Å². The predicted molar refractivity (Wildman–Crippen MR) is 167 cm³/mol. The number of halogens is 16. The normalized spacial score (nSPS) is 14.0. The second-order valence-corrected chi connectivity index (χ2v) is 12.0. The Morgan fingerprint density at radius 1 is 0.433 bits per heavy atom. The molecule has 0 spiro atoms. The first-order chi connectivity index (χ1) is 27.6. The second-order valence-electron chi connectivity index (χ2n) is 12.0. The summed E-state index contributed by atoms with van der Waals surface area (Å²) < 4.78 is 232. The third kappa shape index (κ3) is 7.29. The minimum atomic E-state index is -6.13. The number of hydrogen-bond donors (Lipinski definition) is 0. The van der Waals surface area contributed by atoms with Gasteiger partial charge in [-0.2, -0.15) is 84.3 Å². The zero-order valence-corrected chi connectivity index (χ0v) is 28.1. The topological polar surface area (TPSA) is 152 Å². The molecule has 0 saturated carbocycles. The highest BCUT2D eigenvalue weighted by molar-refractivity contribution is 6.31. The molecule has 0 aliphatic heterocycles. The molecular formula is C37H6F16N6O. The van der Waals surface area contributed by atoms with Gasteiger partial charge in [0.15, 0.2) is 0 Å². The van der Waals surface area contributed by atoms with Crippen LogP contribution in [0.4, 0.5) is 70.2 Å². The highest BCUT2D eigenvalue weighted by atomic mass is 19.4. The van der Waals surface area contributed by atoms with E-state index in [1.165, 1.54) is 0 Å². The largest absolute Gasteiger partial charge is 0.573 e. The molecule has 3 aromatic carbocycles. The molecule has 2 aliphatic rings. The summed E-state index contributed by atoms with van der Waals surface area (Å²) in [5.41, 5.74) is -30.3. The Balaban J connectivity index is 2.15. The fraction of sp³-hybridized carbons (Fsp3) is 0.135. The third-order valence-corrected chi connectivity index (χ3v) is 8.53. The number of nitriles is 6. The zero-order chi connectivity index (χ0) is 45.2. The Bertz CT molecular complexity index is 2560. The van der Waals surface area contributed by atoms with E-state index in [-0.39, 0.29) is 24.3 Å². The average Bonchev–Trinajstić information content (AvgIpc) is 3.66. The molecule has 2 aliphatic carbocycles. The van der Waals surface area contributed by atoms with E-state index in [0.717, 1.165) is 36.4 Å². The molecule has 7 nitrogen and oxygen atoms in total. The van der Waals surface area contributed by atoms with Crippen LogP contribution in [0, 0.1) is 73.8 Å². The van der Waals surface area contributed by atoms with Crippen LogP contribution in [0.1, 0.15) is 55.6 Å². The average molecular weight is 854 g/mol. The molecule has 0 aromatic heterocycles. The zero-order valence-electron chi connectivity index (χ0n) is 28.1. The van der Waals surface area contributed by atoms with Crippen molar-refractivity contribution in [3.8, 4) is 42.2 Å². The maximum absolute atomic E-state index is 17.3. The number of allylic oxidation sites excluding steroid dienone is 8. The molecule has 302 valence electrons. The smallest absolute Gasteiger partial charge is 0.404 e. The Labute approximate surface area is 322 Å². The van der Waals surface area contributed by atoms with Gasteiger partial charge in [0.05, 0.1) is 33.4 Å². The van der Waals surface area contributed by atoms with E-state index >= 15 is 4.39 Å². The van der Waals surface area contributed by atoms with Crippen molar-refractivity contribution >= 4 is 33.4 Å². The van der Waals surface area contributed by atoms with Crippen LogP contribution in [0.25, 0.3) is 33.4 Å². The van der Waals surface area contributed by atoms with Gasteiger partial charge in [-0.25, -0.2) is 4.39 Å². The standard InChI is InChI=1S/C37H6F16N6O/c38-31-27-21(11-58)23(13-1-17(33(39,40)41)5-18(2-13)34(42,43)44)25(15(7-54)8-55)29(27)32(60-37(51,52)53)30-26(16(9-56)10-57)24(22(12-59)28(30)31)14-3-19(35(45,46)47)6-20(4-14)36(48,49)50/h1-6H. The molecule has 0 radical (unpaired) electrons. The lowest BCUT2D eigenvalue weighted by molar-refractivity contribution is -0.274. The second kappa shape index (κ2) is 14.3. The van der Waals surface area contributed by atoms with Gasteiger partial charge in [-0.3, -0.25) is 0 Å². The SMILES string of the molecule is N#CC(C#N)=C1C(c2cc(C(F)(F)F)cc(C(F)(F)F)c2)=C(C#N)c2c(F)c3c(c(OC(F)(F)F)c21)C(=C(C#N)C#N)C(c1cc(C(F)(F)F)cc(C(F)(F)F)c1)=C3C#N. The van der Waals surface area contributed by atoms with E-state index in [9.17, 15) is 97.4 Å². The summed E-state index contributed by atoms with van der Waals surface area (Å²) in [5.74, 6) is -4.29. The van der Waals surface area contributed by atoms with Gasteiger partial charge in [0.2, 0.25) is 0 Å². The van der Waals surface area contributed by atoms with Gasteiger partial charge >= 0.3 is 31.1 Å². The van der Waals surface area contributed by atoms with Gasteiger partial charge in [0.1, 0.15) is 59.1 Å². The number of fused-ring (bicyclic) bond motifs is 2. The summed E-state index contributed by atoms with van der Waals surface area (Å²) in [4.78, 5) is 0. The number of alkyl halides is 15. The molecule has 5 rings (SSSR count). The van der Waals surface area contributed by atoms with Gasteiger partial charge in [0.25, 0.3) is 0 Å². The predicted octanol–water partition coefficient (Wildman–Crippen LogP) is 11.3. The Hall–Kier alpha value is -7.76. The van der Waals surface area contributed by atoms with Crippen LogP contribution < -0.4 is 4.74 Å². The van der Waals surface area contributed by atoms with Gasteiger partial charge in [-0.05, 0) is 47.5 Å². The fourth-order valence-corrected chi connectivity index (χ4v) is 6.38. The molecule has 60 heavy (non-hydrogen) atoms. The molecule has 0 fully saturated rings. The van der Waals surface area contributed by atoms with E-state index in [2.05, 4.69) is 4.74 Å². The van der Waals surface area contributed by atoms with Crippen molar-refractivity contribution in [2.45, 2.75) is 31.1 Å². The third-order valence-electron chi connectivity index (χ3n) is 8.53. The van der Waals surface area contributed by atoms with Crippen LogP contribution in [-0.4, -0.2) is 6.36 Å². The van der Waals surface area contributed by atoms with Gasteiger partial charge in [0, 0.05) is 44.5 Å². The van der Waals surface area contributed by atoms with Crippen LogP contribution in [0.15, 0.2) is 47.5 Å². The van der Waals surface area contributed by atoms with Gasteiger partial charge in [-0.1, -0.05) is 0 Å². The van der Waals surface area contributed by atoms with E-state index in [1.807, 2.05) is 0 Å². The van der Waals surface area contributed by atoms with Crippen LogP contribution in [0.2, 0.25) is 0 Å². The van der Waals surface area contributed by atoms with E-state index < -0.39 is 155 Å². The maximum atomic E-state index is 17.3. The minimum absolute atomic E-state index is 0.130. The summed E-state index contributed by atoms with van der Waals surface area (Å²) in [6.45, 7) is 0. The molecule has 0 N–H and O–H groups in total. The maximum Gasteiger partial charge on any atom is 0.573 e. The van der Waals surface area contributed by atoms with Gasteiger partial charge in [-0.15, -0.1) is 13.2 Å². The molecule has 23 heteroatoms. The minimum Gasteiger partial charge on any atom is -0.404 e. The van der Waals surface area contributed by atoms with E-state index in [4.69, 9.17) is 0 Å². The first-order valence-electron chi connectivity index (χ1n) is 15.2. The van der Waals surface area contributed by atoms with Crippen molar-refractivity contribution in [1.82, 2.24) is 0 Å². The molecule has 0 atom stereocenters. The molecule has 0 bridgehead atoms. The first kappa shape index (κ1) is 43.4. The lowest BCUT2D eigenvalue weighted by atomic mass is 9.86. The molecule has 3 aromatic rings. The van der Waals surface area contributed by atoms with E-state index in [0.29, 0.717) is 0 Å². The number of hydrogen-bond acceptors (Lipinski definition) is 7. The molecule has 0 unspecified atom stereocenters. The molecule has 0 amide bonds. The van der Waals surface area contributed by atoms with Crippen LogP contribution >= 0.6 is 0 Å². The number of ether oxygens (including phenoxy) is 1.